The number of nitrogens with zero attached hydrogens (tertiary/aromatic N) is 1. The number of halogens is 1. The first kappa shape index (κ1) is 9.83. The molecule has 0 fully saturated rings. The van der Waals surface area contributed by atoms with E-state index in [9.17, 15) is 5.11 Å². The number of aliphatic hydroxyl groups is 1. The van der Waals surface area contributed by atoms with Crippen LogP contribution in [0.5, 0.6) is 0 Å². The Hall–Kier alpha value is -0.710. The van der Waals surface area contributed by atoms with Gasteiger partial charge in [-0.05, 0) is 39.0 Å². The summed E-state index contributed by atoms with van der Waals surface area (Å²) < 4.78 is 1.02. The summed E-state index contributed by atoms with van der Waals surface area (Å²) in [6.07, 6.45) is 2.79. The van der Waals surface area contributed by atoms with Gasteiger partial charge in [0, 0.05) is 18.0 Å². The molecule has 2 heterocycles. The molecule has 0 amide bonds. The Labute approximate surface area is 94.4 Å². The maximum Gasteiger partial charge on any atom is 0.106 e. The van der Waals surface area contributed by atoms with Gasteiger partial charge in [0.25, 0.3) is 0 Å². The van der Waals surface area contributed by atoms with Crippen LogP contribution < -0.4 is 0 Å². The second-order valence-electron chi connectivity index (χ2n) is 2.87. The second-order valence-corrected chi connectivity index (χ2v) is 5.16. The predicted molar refractivity (Wildman–Crippen MR) is 60.3 cm³/mol. The van der Waals surface area contributed by atoms with Gasteiger partial charge in [0.15, 0.2) is 0 Å². The van der Waals surface area contributed by atoms with Gasteiger partial charge < -0.3 is 5.11 Å². The molecule has 2 nitrogen and oxygen atoms in total. The Balaban J connectivity index is 2.29. The van der Waals surface area contributed by atoms with Crippen LogP contribution in [-0.2, 0) is 0 Å². The summed E-state index contributed by atoms with van der Waals surface area (Å²) in [6, 6.07) is 5.60. The molecule has 2 aromatic rings. The molecule has 14 heavy (non-hydrogen) atoms. The van der Waals surface area contributed by atoms with Crippen molar-refractivity contribution in [2.45, 2.75) is 6.10 Å². The molecule has 0 radical (unpaired) electrons. The normalized spacial score (nSPS) is 12.7. The largest absolute Gasteiger partial charge is 0.384 e. The van der Waals surface area contributed by atoms with E-state index in [-0.39, 0.29) is 0 Å². The number of pyridine rings is 1. The van der Waals surface area contributed by atoms with Crippen molar-refractivity contribution in [2.24, 2.45) is 0 Å². The first-order valence-electron chi connectivity index (χ1n) is 4.09. The van der Waals surface area contributed by atoms with Crippen LogP contribution in [0.2, 0.25) is 0 Å². The minimum absolute atomic E-state index is 0.578. The summed E-state index contributed by atoms with van der Waals surface area (Å²) in [7, 11) is 0. The van der Waals surface area contributed by atoms with Crippen molar-refractivity contribution in [3.05, 3.63) is 50.9 Å². The Morgan fingerprint density at radius 3 is 2.86 bits per heavy atom. The minimum atomic E-state index is -0.578. The van der Waals surface area contributed by atoms with Crippen LogP contribution in [0.4, 0.5) is 0 Å². The molecule has 1 unspecified atom stereocenters. The Kier molecular flexibility index (Phi) is 2.96. The number of hydrogen-bond acceptors (Lipinski definition) is 3. The molecule has 4 heteroatoms. The summed E-state index contributed by atoms with van der Waals surface area (Å²) in [5, 5.41) is 11.9. The van der Waals surface area contributed by atoms with E-state index in [0.29, 0.717) is 0 Å². The first-order chi connectivity index (χ1) is 6.77. The van der Waals surface area contributed by atoms with E-state index in [1.165, 1.54) is 0 Å². The number of aliphatic hydroxyl groups excluding tert-OH is 1. The summed E-state index contributed by atoms with van der Waals surface area (Å²) in [5.41, 5.74) is 1.72. The molecule has 0 spiro atoms. The Morgan fingerprint density at radius 2 is 2.29 bits per heavy atom. The highest BCUT2D eigenvalue weighted by molar-refractivity contribution is 9.11. The third-order valence-electron chi connectivity index (χ3n) is 1.90. The number of hydrogen-bond donors (Lipinski definition) is 1. The minimum Gasteiger partial charge on any atom is -0.384 e. The lowest BCUT2D eigenvalue weighted by Crippen LogP contribution is -1.97. The third kappa shape index (κ3) is 2.03. The van der Waals surface area contributed by atoms with Crippen molar-refractivity contribution < 1.29 is 5.11 Å². The van der Waals surface area contributed by atoms with Crippen LogP contribution in [-0.4, -0.2) is 10.1 Å². The predicted octanol–water partition coefficient (Wildman–Crippen LogP) is 2.99. The number of aromatic nitrogens is 1. The van der Waals surface area contributed by atoms with Crippen molar-refractivity contribution in [2.75, 3.05) is 0 Å². The lowest BCUT2D eigenvalue weighted by atomic mass is 10.1. The van der Waals surface area contributed by atoms with Gasteiger partial charge in [-0.1, -0.05) is 6.07 Å². The zero-order valence-corrected chi connectivity index (χ0v) is 9.62. The highest BCUT2D eigenvalue weighted by Gasteiger charge is 2.11. The molecular formula is C10H8BrNOS. The molecule has 0 saturated carbocycles. The fraction of sp³-hybridized carbons (Fsp3) is 0.100. The zero-order valence-electron chi connectivity index (χ0n) is 7.22. The third-order valence-corrected chi connectivity index (χ3v) is 3.43. The van der Waals surface area contributed by atoms with Gasteiger partial charge in [-0.25, -0.2) is 0 Å². The van der Waals surface area contributed by atoms with Crippen molar-refractivity contribution in [1.82, 2.24) is 4.98 Å². The first-order valence-corrected chi connectivity index (χ1v) is 5.76. The zero-order chi connectivity index (χ0) is 9.97. The van der Waals surface area contributed by atoms with Crippen molar-refractivity contribution in [3.63, 3.8) is 0 Å². The van der Waals surface area contributed by atoms with Crippen LogP contribution in [0.25, 0.3) is 0 Å². The van der Waals surface area contributed by atoms with Crippen molar-refractivity contribution in [3.8, 4) is 0 Å². The lowest BCUT2D eigenvalue weighted by Gasteiger charge is -2.07. The monoisotopic (exact) mass is 269 g/mol. The molecular weight excluding hydrogens is 262 g/mol. The van der Waals surface area contributed by atoms with Crippen molar-refractivity contribution in [1.29, 1.82) is 0 Å². The van der Waals surface area contributed by atoms with E-state index in [1.807, 2.05) is 23.6 Å². The summed E-state index contributed by atoms with van der Waals surface area (Å²) in [4.78, 5) is 3.97. The van der Waals surface area contributed by atoms with E-state index >= 15 is 0 Å². The summed E-state index contributed by atoms with van der Waals surface area (Å²) in [6.45, 7) is 0. The Morgan fingerprint density at radius 1 is 1.43 bits per heavy atom. The van der Waals surface area contributed by atoms with Gasteiger partial charge in [-0.15, -0.1) is 11.3 Å². The molecule has 0 saturated heterocycles. The molecule has 2 aromatic heterocycles. The molecule has 0 aliphatic carbocycles. The van der Waals surface area contributed by atoms with E-state index in [4.69, 9.17) is 0 Å². The lowest BCUT2D eigenvalue weighted by molar-refractivity contribution is 0.220. The van der Waals surface area contributed by atoms with Crippen LogP contribution in [0.15, 0.2) is 39.8 Å². The average molecular weight is 270 g/mol. The van der Waals surface area contributed by atoms with Gasteiger partial charge >= 0.3 is 0 Å². The topological polar surface area (TPSA) is 33.1 Å². The number of thiophene rings is 1. The van der Waals surface area contributed by atoms with Gasteiger partial charge in [-0.2, -0.15) is 0 Å². The van der Waals surface area contributed by atoms with Gasteiger partial charge in [0.1, 0.15) is 6.10 Å². The SMILES string of the molecule is OC(c1cccnc1)c1csc(Br)c1. The van der Waals surface area contributed by atoms with E-state index in [0.717, 1.165) is 14.9 Å². The van der Waals surface area contributed by atoms with Crippen LogP contribution in [0.1, 0.15) is 17.2 Å². The fourth-order valence-corrected chi connectivity index (χ4v) is 2.39. The van der Waals surface area contributed by atoms with Crippen LogP contribution in [0, 0.1) is 0 Å². The average Bonchev–Trinajstić information content (AvgIpc) is 2.65. The van der Waals surface area contributed by atoms with E-state index < -0.39 is 6.10 Å². The van der Waals surface area contributed by atoms with Crippen LogP contribution >= 0.6 is 27.3 Å². The molecule has 1 atom stereocenters. The Bertz CT molecular complexity index is 415. The maximum atomic E-state index is 9.95. The highest BCUT2D eigenvalue weighted by Crippen LogP contribution is 2.28. The standard InChI is InChI=1S/C10H8BrNOS/c11-9-4-8(6-14-9)10(13)7-2-1-3-12-5-7/h1-6,10,13H. The smallest absolute Gasteiger partial charge is 0.106 e. The van der Waals surface area contributed by atoms with Crippen LogP contribution in [0.3, 0.4) is 0 Å². The molecule has 0 bridgehead atoms. The summed E-state index contributed by atoms with van der Waals surface area (Å²) in [5.74, 6) is 0. The van der Waals surface area contributed by atoms with E-state index in [1.54, 1.807) is 23.7 Å². The highest BCUT2D eigenvalue weighted by atomic mass is 79.9. The van der Waals surface area contributed by atoms with Gasteiger partial charge in [-0.3, -0.25) is 4.98 Å². The molecule has 2 rings (SSSR count). The fourth-order valence-electron chi connectivity index (χ4n) is 1.20. The second kappa shape index (κ2) is 4.21. The molecule has 0 aliphatic heterocycles. The van der Waals surface area contributed by atoms with Crippen molar-refractivity contribution >= 4 is 27.3 Å². The summed E-state index contributed by atoms with van der Waals surface area (Å²) >= 11 is 4.93. The number of rotatable bonds is 2. The van der Waals surface area contributed by atoms with E-state index in [2.05, 4.69) is 20.9 Å². The molecule has 72 valence electrons. The molecule has 1 N–H and O–H groups in total. The van der Waals surface area contributed by atoms with Gasteiger partial charge in [0.05, 0.1) is 3.79 Å². The molecule has 0 aromatic carbocycles. The quantitative estimate of drug-likeness (QED) is 0.910. The van der Waals surface area contributed by atoms with Gasteiger partial charge in [0.2, 0.25) is 0 Å². The molecule has 0 aliphatic rings. The maximum absolute atomic E-state index is 9.95.